The van der Waals surface area contributed by atoms with Crippen LogP contribution in [0.4, 0.5) is 0 Å². The lowest BCUT2D eigenvalue weighted by molar-refractivity contribution is -0.486. The van der Waals surface area contributed by atoms with Crippen LogP contribution in [-0.4, -0.2) is 65.5 Å². The molecule has 2 atom stereocenters. The summed E-state index contributed by atoms with van der Waals surface area (Å²) in [4.78, 5) is 14.8. The van der Waals surface area contributed by atoms with Crippen LogP contribution in [-0.2, 0) is 9.47 Å². The minimum absolute atomic E-state index is 0.113. The van der Waals surface area contributed by atoms with Crippen molar-refractivity contribution in [3.8, 4) is 0 Å². The Kier molecular flexibility index (Phi) is 6.03. The highest BCUT2D eigenvalue weighted by Gasteiger charge is 2.38. The number of hydrogen-bond donors (Lipinski definition) is 0. The van der Waals surface area contributed by atoms with Gasteiger partial charge in [-0.1, -0.05) is 13.8 Å². The molecule has 2 fully saturated rings. The largest absolute Gasteiger partial charge is 0.375 e. The number of hydrogen-bond acceptors (Lipinski definition) is 4. The Morgan fingerprint density at radius 2 is 2.12 bits per heavy atom. The average Bonchev–Trinajstić information content (AvgIpc) is 3.00. The third-order valence-corrected chi connectivity index (χ3v) is 4.40. The summed E-state index contributed by atoms with van der Waals surface area (Å²) in [6, 6.07) is 0. The molecule has 0 aromatic carbocycles. The van der Waals surface area contributed by atoms with Gasteiger partial charge in [-0.2, -0.15) is 0 Å². The maximum absolute atomic E-state index is 11.0. The van der Waals surface area contributed by atoms with E-state index in [0.29, 0.717) is 37.6 Å². The summed E-state index contributed by atoms with van der Waals surface area (Å²) in [6.45, 7) is 13.7. The number of ether oxygens (including phenoxy) is 2. The SMILES string of the molecule is CC(C)COC(C)N1CCN(CC2COC(C)(C)C2)C1=N[N+](=O)[O-]. The molecule has 2 aliphatic rings. The fourth-order valence-electron chi connectivity index (χ4n) is 3.33. The van der Waals surface area contributed by atoms with Gasteiger partial charge in [-0.15, -0.1) is 0 Å². The first kappa shape index (κ1) is 18.9. The quantitative estimate of drug-likeness (QED) is 0.520. The van der Waals surface area contributed by atoms with E-state index in [1.54, 1.807) is 0 Å². The zero-order chi connectivity index (χ0) is 17.9. The van der Waals surface area contributed by atoms with E-state index < -0.39 is 5.03 Å². The number of guanidine groups is 1. The Balaban J connectivity index is 2.02. The molecule has 0 N–H and O–H groups in total. The summed E-state index contributed by atoms with van der Waals surface area (Å²) >= 11 is 0. The molecule has 2 saturated heterocycles. The van der Waals surface area contributed by atoms with E-state index in [9.17, 15) is 10.1 Å². The van der Waals surface area contributed by atoms with E-state index in [-0.39, 0.29) is 11.8 Å². The van der Waals surface area contributed by atoms with Gasteiger partial charge in [0, 0.05) is 25.6 Å². The highest BCUT2D eigenvalue weighted by molar-refractivity contribution is 5.81. The lowest BCUT2D eigenvalue weighted by Crippen LogP contribution is -2.42. The van der Waals surface area contributed by atoms with Crippen molar-refractivity contribution < 1.29 is 14.5 Å². The monoisotopic (exact) mass is 342 g/mol. The molecule has 0 aliphatic carbocycles. The Morgan fingerprint density at radius 3 is 2.67 bits per heavy atom. The van der Waals surface area contributed by atoms with Crippen LogP contribution in [0.3, 0.4) is 0 Å². The molecular weight excluding hydrogens is 312 g/mol. The molecular formula is C16H30N4O4. The minimum atomic E-state index is -0.620. The number of rotatable bonds is 7. The fraction of sp³-hybridized carbons (Fsp3) is 0.938. The van der Waals surface area contributed by atoms with E-state index in [1.807, 2.05) is 16.7 Å². The van der Waals surface area contributed by atoms with Crippen LogP contribution in [0, 0.1) is 22.0 Å². The highest BCUT2D eigenvalue weighted by Crippen LogP contribution is 2.30. The molecule has 8 heteroatoms. The molecule has 0 bridgehead atoms. The predicted octanol–water partition coefficient (Wildman–Crippen LogP) is 1.99. The van der Waals surface area contributed by atoms with Crippen LogP contribution in [0.1, 0.15) is 41.0 Å². The summed E-state index contributed by atoms with van der Waals surface area (Å²) in [5.74, 6) is 1.18. The van der Waals surface area contributed by atoms with Gasteiger partial charge >= 0.3 is 0 Å². The van der Waals surface area contributed by atoms with Gasteiger partial charge in [0.05, 0.1) is 18.8 Å². The van der Waals surface area contributed by atoms with Crippen molar-refractivity contribution in [3.63, 3.8) is 0 Å². The molecule has 0 saturated carbocycles. The van der Waals surface area contributed by atoms with E-state index in [4.69, 9.17) is 9.47 Å². The maximum Gasteiger partial charge on any atom is 0.276 e. The van der Waals surface area contributed by atoms with Gasteiger partial charge in [-0.05, 0) is 33.1 Å². The third kappa shape index (κ3) is 5.04. The Hall–Kier alpha value is -1.41. The van der Waals surface area contributed by atoms with Crippen molar-refractivity contribution in [2.75, 3.05) is 32.8 Å². The molecule has 138 valence electrons. The maximum atomic E-state index is 11.0. The fourth-order valence-corrected chi connectivity index (χ4v) is 3.33. The molecule has 0 amide bonds. The van der Waals surface area contributed by atoms with Gasteiger partial charge in [0.1, 0.15) is 11.3 Å². The molecule has 2 unspecified atom stereocenters. The van der Waals surface area contributed by atoms with Crippen LogP contribution in [0.15, 0.2) is 5.10 Å². The second-order valence-electron chi connectivity index (χ2n) is 7.74. The summed E-state index contributed by atoms with van der Waals surface area (Å²) in [7, 11) is 0. The number of nitro groups is 1. The van der Waals surface area contributed by atoms with Gasteiger partial charge in [-0.3, -0.25) is 0 Å². The van der Waals surface area contributed by atoms with Crippen LogP contribution in [0.2, 0.25) is 0 Å². The Morgan fingerprint density at radius 1 is 1.42 bits per heavy atom. The second-order valence-corrected chi connectivity index (χ2v) is 7.74. The summed E-state index contributed by atoms with van der Waals surface area (Å²) < 4.78 is 11.6. The molecule has 0 radical (unpaired) electrons. The molecule has 2 rings (SSSR count). The van der Waals surface area contributed by atoms with E-state index >= 15 is 0 Å². The van der Waals surface area contributed by atoms with E-state index in [0.717, 1.165) is 19.5 Å². The first-order valence-electron chi connectivity index (χ1n) is 8.68. The molecule has 8 nitrogen and oxygen atoms in total. The van der Waals surface area contributed by atoms with Crippen molar-refractivity contribution in [1.29, 1.82) is 0 Å². The first-order chi connectivity index (χ1) is 11.2. The van der Waals surface area contributed by atoms with Crippen molar-refractivity contribution in [2.24, 2.45) is 16.9 Å². The van der Waals surface area contributed by atoms with Crippen molar-refractivity contribution in [1.82, 2.24) is 9.80 Å². The average molecular weight is 342 g/mol. The number of nitrogens with zero attached hydrogens (tertiary/aromatic N) is 4. The van der Waals surface area contributed by atoms with E-state index in [1.165, 1.54) is 0 Å². The van der Waals surface area contributed by atoms with Gasteiger partial charge < -0.3 is 19.3 Å². The van der Waals surface area contributed by atoms with Crippen LogP contribution < -0.4 is 0 Å². The van der Waals surface area contributed by atoms with Gasteiger partial charge in [0.15, 0.2) is 5.03 Å². The van der Waals surface area contributed by atoms with Crippen LogP contribution in [0.25, 0.3) is 0 Å². The molecule has 0 aromatic heterocycles. The predicted molar refractivity (Wildman–Crippen MR) is 91.1 cm³/mol. The smallest absolute Gasteiger partial charge is 0.276 e. The normalized spacial score (nSPS) is 26.6. The Bertz CT molecular complexity index is 481. The van der Waals surface area contributed by atoms with Gasteiger partial charge in [0.25, 0.3) is 5.96 Å². The summed E-state index contributed by atoms with van der Waals surface area (Å²) in [5, 5.41) is 14.0. The van der Waals surface area contributed by atoms with E-state index in [2.05, 4.69) is 32.8 Å². The van der Waals surface area contributed by atoms with Gasteiger partial charge in [-0.25, -0.2) is 10.1 Å². The molecule has 2 aliphatic heterocycles. The van der Waals surface area contributed by atoms with Gasteiger partial charge in [0.2, 0.25) is 0 Å². The van der Waals surface area contributed by atoms with Crippen molar-refractivity contribution in [2.45, 2.75) is 52.9 Å². The highest BCUT2D eigenvalue weighted by atomic mass is 16.7. The van der Waals surface area contributed by atoms with Crippen LogP contribution in [0.5, 0.6) is 0 Å². The van der Waals surface area contributed by atoms with Crippen molar-refractivity contribution in [3.05, 3.63) is 10.1 Å². The third-order valence-electron chi connectivity index (χ3n) is 4.40. The molecule has 0 spiro atoms. The summed E-state index contributed by atoms with van der Waals surface area (Å²) in [5.41, 5.74) is -0.113. The van der Waals surface area contributed by atoms with Crippen LogP contribution >= 0.6 is 0 Å². The summed E-state index contributed by atoms with van der Waals surface area (Å²) in [6.07, 6.45) is 0.724. The minimum Gasteiger partial charge on any atom is -0.375 e. The first-order valence-corrected chi connectivity index (χ1v) is 8.68. The Labute approximate surface area is 143 Å². The van der Waals surface area contributed by atoms with Crippen molar-refractivity contribution >= 4 is 5.96 Å². The number of hydrazone groups is 1. The lowest BCUT2D eigenvalue weighted by atomic mass is 9.97. The topological polar surface area (TPSA) is 80.4 Å². The molecule has 2 heterocycles. The molecule has 24 heavy (non-hydrogen) atoms. The second kappa shape index (κ2) is 7.65. The molecule has 0 aromatic rings. The zero-order valence-electron chi connectivity index (χ0n) is 15.4. The standard InChI is InChI=1S/C16H30N4O4/c1-12(2)10-23-13(3)19-7-6-18(15(19)17-20(21)22)9-14-8-16(4,5)24-11-14/h12-14H,6-11H2,1-5H3. The zero-order valence-corrected chi connectivity index (χ0v) is 15.4. The lowest BCUT2D eigenvalue weighted by Gasteiger charge is -2.27.